The molecule has 8 heteroatoms. The van der Waals surface area contributed by atoms with Crippen LogP contribution in [0.4, 0.5) is 11.6 Å². The summed E-state index contributed by atoms with van der Waals surface area (Å²) in [5.74, 6) is 2.67. The lowest BCUT2D eigenvalue weighted by atomic mass is 9.85. The topological polar surface area (TPSA) is 88.3 Å². The van der Waals surface area contributed by atoms with Gasteiger partial charge in [0.15, 0.2) is 0 Å². The Morgan fingerprint density at radius 2 is 1.97 bits per heavy atom. The van der Waals surface area contributed by atoms with Gasteiger partial charge in [0.1, 0.15) is 11.5 Å². The first-order valence-corrected chi connectivity index (χ1v) is 13.5. The van der Waals surface area contributed by atoms with Crippen LogP contribution in [0.2, 0.25) is 0 Å². The number of ether oxygens (including phenoxy) is 1. The van der Waals surface area contributed by atoms with Crippen LogP contribution >= 0.6 is 0 Å². The molecule has 1 aliphatic carbocycles. The standard InChI is InChI=1S/C28H38N6O2/c1-21-26(27(33-36-21)22-8-3-2-4-9-22)25-12-13-30-28(32-25)31-23-10-7-11-24(20-23)35-19-6-5-16-34-17-14-29-15-18-34/h7,10-13,20,22,29H,2-6,8-9,14-19H2,1H3,(H,30,31,32). The molecule has 0 spiro atoms. The molecule has 0 radical (unpaired) electrons. The molecule has 2 N–H and O–H groups in total. The third-order valence-corrected chi connectivity index (χ3v) is 7.23. The van der Waals surface area contributed by atoms with Gasteiger partial charge in [-0.3, -0.25) is 0 Å². The van der Waals surface area contributed by atoms with Crippen LogP contribution in [0.3, 0.4) is 0 Å². The lowest BCUT2D eigenvalue weighted by Gasteiger charge is -2.26. The predicted molar refractivity (Wildman–Crippen MR) is 142 cm³/mol. The van der Waals surface area contributed by atoms with E-state index < -0.39 is 0 Å². The Balaban J connectivity index is 1.18. The molecule has 36 heavy (non-hydrogen) atoms. The second-order valence-corrected chi connectivity index (χ2v) is 9.90. The molecule has 2 aliphatic rings. The highest BCUT2D eigenvalue weighted by atomic mass is 16.5. The van der Waals surface area contributed by atoms with Crippen LogP contribution in [0.25, 0.3) is 11.3 Å². The second-order valence-electron chi connectivity index (χ2n) is 9.90. The molecule has 1 saturated heterocycles. The first kappa shape index (κ1) is 24.7. The summed E-state index contributed by atoms with van der Waals surface area (Å²) in [5.41, 5.74) is 3.82. The highest BCUT2D eigenvalue weighted by Gasteiger charge is 2.25. The van der Waals surface area contributed by atoms with E-state index in [0.29, 0.717) is 11.9 Å². The number of hydrogen-bond donors (Lipinski definition) is 2. The first-order valence-electron chi connectivity index (χ1n) is 13.5. The number of aromatic nitrogens is 3. The average Bonchev–Trinajstić information content (AvgIpc) is 3.31. The number of anilines is 2. The van der Waals surface area contributed by atoms with Gasteiger partial charge < -0.3 is 24.8 Å². The van der Waals surface area contributed by atoms with Crippen LogP contribution in [0.1, 0.15) is 62.3 Å². The van der Waals surface area contributed by atoms with Crippen LogP contribution in [-0.4, -0.2) is 59.4 Å². The lowest BCUT2D eigenvalue weighted by Crippen LogP contribution is -2.43. The van der Waals surface area contributed by atoms with Crippen molar-refractivity contribution in [2.45, 2.75) is 57.8 Å². The molecule has 2 aromatic heterocycles. The Hall–Kier alpha value is -2.97. The summed E-state index contributed by atoms with van der Waals surface area (Å²) in [6.07, 6.45) is 10.1. The van der Waals surface area contributed by atoms with E-state index in [9.17, 15) is 0 Å². The molecule has 1 aromatic carbocycles. The molecule has 0 bridgehead atoms. The van der Waals surface area contributed by atoms with Crippen molar-refractivity contribution in [1.29, 1.82) is 0 Å². The van der Waals surface area contributed by atoms with Gasteiger partial charge in [-0.05, 0) is 57.4 Å². The largest absolute Gasteiger partial charge is 0.494 e. The second kappa shape index (κ2) is 12.3. The Morgan fingerprint density at radius 3 is 2.83 bits per heavy atom. The van der Waals surface area contributed by atoms with Crippen molar-refractivity contribution >= 4 is 11.6 Å². The van der Waals surface area contributed by atoms with E-state index in [1.807, 2.05) is 37.3 Å². The van der Waals surface area contributed by atoms with Crippen molar-refractivity contribution in [3.63, 3.8) is 0 Å². The molecule has 0 atom stereocenters. The summed E-state index contributed by atoms with van der Waals surface area (Å²) in [6.45, 7) is 8.33. The number of benzene rings is 1. The molecule has 2 fully saturated rings. The van der Waals surface area contributed by atoms with Crippen molar-refractivity contribution in [2.75, 3.05) is 44.6 Å². The van der Waals surface area contributed by atoms with Crippen molar-refractivity contribution in [3.8, 4) is 17.0 Å². The van der Waals surface area contributed by atoms with E-state index in [2.05, 4.69) is 25.7 Å². The normalized spacial score (nSPS) is 17.2. The summed E-state index contributed by atoms with van der Waals surface area (Å²) >= 11 is 0. The smallest absolute Gasteiger partial charge is 0.227 e. The minimum absolute atomic E-state index is 0.447. The summed E-state index contributed by atoms with van der Waals surface area (Å²) in [4.78, 5) is 11.8. The quantitative estimate of drug-likeness (QED) is 0.370. The van der Waals surface area contributed by atoms with Crippen molar-refractivity contribution in [3.05, 3.63) is 48.0 Å². The van der Waals surface area contributed by atoms with E-state index in [1.165, 1.54) is 19.3 Å². The fourth-order valence-corrected chi connectivity index (χ4v) is 5.27. The molecular weight excluding hydrogens is 452 g/mol. The summed E-state index contributed by atoms with van der Waals surface area (Å²) < 4.78 is 11.6. The maximum atomic E-state index is 6.02. The molecule has 5 rings (SSSR count). The van der Waals surface area contributed by atoms with Crippen LogP contribution < -0.4 is 15.4 Å². The minimum Gasteiger partial charge on any atom is -0.494 e. The van der Waals surface area contributed by atoms with Crippen LogP contribution in [0.5, 0.6) is 5.75 Å². The lowest BCUT2D eigenvalue weighted by molar-refractivity contribution is 0.226. The van der Waals surface area contributed by atoms with E-state index >= 15 is 0 Å². The summed E-state index contributed by atoms with van der Waals surface area (Å²) in [5, 5.41) is 11.2. The fourth-order valence-electron chi connectivity index (χ4n) is 5.27. The van der Waals surface area contributed by atoms with Crippen LogP contribution in [0.15, 0.2) is 41.1 Å². The Kier molecular flexibility index (Phi) is 8.46. The van der Waals surface area contributed by atoms with Crippen LogP contribution in [-0.2, 0) is 0 Å². The molecule has 3 heterocycles. The van der Waals surface area contributed by atoms with Gasteiger partial charge in [0, 0.05) is 50.0 Å². The average molecular weight is 491 g/mol. The molecular formula is C28H38N6O2. The number of nitrogens with zero attached hydrogens (tertiary/aromatic N) is 4. The zero-order chi connectivity index (χ0) is 24.6. The van der Waals surface area contributed by atoms with E-state index in [1.54, 1.807) is 6.20 Å². The van der Waals surface area contributed by atoms with Gasteiger partial charge >= 0.3 is 0 Å². The maximum Gasteiger partial charge on any atom is 0.227 e. The highest BCUT2D eigenvalue weighted by Crippen LogP contribution is 2.38. The molecule has 1 saturated carbocycles. The molecule has 3 aromatic rings. The predicted octanol–water partition coefficient (Wildman–Crippen LogP) is 5.30. The number of piperazine rings is 1. The Labute approximate surface area is 213 Å². The number of nitrogens with one attached hydrogen (secondary N) is 2. The van der Waals surface area contributed by atoms with Gasteiger partial charge in [0.05, 0.1) is 23.6 Å². The molecule has 0 amide bonds. The number of rotatable bonds is 10. The Morgan fingerprint density at radius 1 is 1.11 bits per heavy atom. The Bertz CT molecular complexity index is 1100. The molecule has 1 aliphatic heterocycles. The maximum absolute atomic E-state index is 6.02. The third kappa shape index (κ3) is 6.42. The number of aryl methyl sites for hydroxylation is 1. The van der Waals surface area contributed by atoms with Gasteiger partial charge in [-0.25, -0.2) is 9.97 Å². The van der Waals surface area contributed by atoms with Gasteiger partial charge in [0.2, 0.25) is 5.95 Å². The summed E-state index contributed by atoms with van der Waals surface area (Å²) in [7, 11) is 0. The van der Waals surface area contributed by atoms with Gasteiger partial charge in [-0.2, -0.15) is 0 Å². The SMILES string of the molecule is Cc1onc(C2CCCCC2)c1-c1ccnc(Nc2cccc(OCCCCN3CCNCC3)c2)n1. The zero-order valence-corrected chi connectivity index (χ0v) is 21.3. The van der Waals surface area contributed by atoms with Crippen molar-refractivity contribution in [1.82, 2.24) is 25.3 Å². The first-order chi connectivity index (χ1) is 17.8. The van der Waals surface area contributed by atoms with Crippen molar-refractivity contribution < 1.29 is 9.26 Å². The van der Waals surface area contributed by atoms with E-state index in [-0.39, 0.29) is 0 Å². The molecule has 192 valence electrons. The number of hydrogen-bond acceptors (Lipinski definition) is 8. The summed E-state index contributed by atoms with van der Waals surface area (Å²) in [6, 6.07) is 9.94. The van der Waals surface area contributed by atoms with Gasteiger partial charge in [0.25, 0.3) is 0 Å². The third-order valence-electron chi connectivity index (χ3n) is 7.23. The van der Waals surface area contributed by atoms with Gasteiger partial charge in [-0.15, -0.1) is 0 Å². The van der Waals surface area contributed by atoms with Crippen molar-refractivity contribution in [2.24, 2.45) is 0 Å². The van der Waals surface area contributed by atoms with E-state index in [0.717, 1.165) is 99.2 Å². The zero-order valence-electron chi connectivity index (χ0n) is 21.3. The monoisotopic (exact) mass is 490 g/mol. The van der Waals surface area contributed by atoms with Gasteiger partial charge in [-0.1, -0.05) is 30.5 Å². The highest BCUT2D eigenvalue weighted by molar-refractivity contribution is 5.66. The van der Waals surface area contributed by atoms with E-state index in [4.69, 9.17) is 14.2 Å². The molecule has 0 unspecified atom stereocenters. The number of unbranched alkanes of at least 4 members (excludes halogenated alkanes) is 1. The molecule has 8 nitrogen and oxygen atoms in total. The van der Waals surface area contributed by atoms with Crippen LogP contribution in [0, 0.1) is 6.92 Å². The fraction of sp³-hybridized carbons (Fsp3) is 0.536. The minimum atomic E-state index is 0.447.